The van der Waals surface area contributed by atoms with Crippen molar-refractivity contribution in [1.82, 2.24) is 5.32 Å². The van der Waals surface area contributed by atoms with Crippen LogP contribution >= 0.6 is 11.8 Å². The Kier molecular flexibility index (Phi) is 5.03. The van der Waals surface area contributed by atoms with Gasteiger partial charge in [-0.2, -0.15) is 0 Å². The van der Waals surface area contributed by atoms with E-state index in [1.165, 1.54) is 21.6 Å². The maximum atomic E-state index is 12.0. The van der Waals surface area contributed by atoms with Gasteiger partial charge < -0.3 is 4.74 Å². The van der Waals surface area contributed by atoms with Crippen molar-refractivity contribution in [2.24, 2.45) is 0 Å². The first-order valence-electron chi connectivity index (χ1n) is 7.93. The fourth-order valence-electron chi connectivity index (χ4n) is 2.89. The zero-order valence-electron chi connectivity index (χ0n) is 13.4. The Hall–Kier alpha value is -1.78. The fraction of sp³-hybridized carbons (Fsp3) is 0.316. The number of hydrogen-bond donors (Lipinski definition) is 1. The largest absolute Gasteiger partial charge is 0.465 e. The summed E-state index contributed by atoms with van der Waals surface area (Å²) in [5.74, 6) is 0.735. The van der Waals surface area contributed by atoms with E-state index in [0.717, 1.165) is 5.75 Å². The Bertz CT molecular complexity index is 654. The molecule has 2 aromatic carbocycles. The van der Waals surface area contributed by atoms with Gasteiger partial charge in [0.05, 0.1) is 12.6 Å². The van der Waals surface area contributed by atoms with Gasteiger partial charge in [0.25, 0.3) is 0 Å². The summed E-state index contributed by atoms with van der Waals surface area (Å²) in [4.78, 5) is 13.3. The second-order valence-corrected chi connectivity index (χ2v) is 6.62. The zero-order valence-corrected chi connectivity index (χ0v) is 14.2. The monoisotopic (exact) mass is 327 g/mol. The van der Waals surface area contributed by atoms with E-state index < -0.39 is 0 Å². The maximum absolute atomic E-state index is 12.0. The number of carbonyl (C=O) groups is 1. The first-order valence-corrected chi connectivity index (χ1v) is 8.91. The SMILES string of the molecule is CCOC(=O)C(C)NC1c2ccccc2CSc2ccccc21. The molecular weight excluding hydrogens is 306 g/mol. The topological polar surface area (TPSA) is 38.3 Å². The first-order chi connectivity index (χ1) is 11.2. The van der Waals surface area contributed by atoms with Crippen LogP contribution in [-0.2, 0) is 15.3 Å². The molecule has 120 valence electrons. The van der Waals surface area contributed by atoms with Crippen molar-refractivity contribution in [2.45, 2.75) is 36.6 Å². The van der Waals surface area contributed by atoms with Crippen molar-refractivity contribution in [3.63, 3.8) is 0 Å². The van der Waals surface area contributed by atoms with Gasteiger partial charge in [0, 0.05) is 10.6 Å². The van der Waals surface area contributed by atoms with Crippen LogP contribution in [0.2, 0.25) is 0 Å². The summed E-state index contributed by atoms with van der Waals surface area (Å²) in [6.07, 6.45) is 0. The molecule has 0 saturated carbocycles. The lowest BCUT2D eigenvalue weighted by Crippen LogP contribution is -2.38. The normalized spacial score (nSPS) is 17.6. The summed E-state index contributed by atoms with van der Waals surface area (Å²) in [7, 11) is 0. The molecule has 3 rings (SSSR count). The number of thioether (sulfide) groups is 1. The highest BCUT2D eigenvalue weighted by atomic mass is 32.2. The second kappa shape index (κ2) is 7.20. The third-order valence-corrected chi connectivity index (χ3v) is 5.17. The van der Waals surface area contributed by atoms with Crippen LogP contribution in [0.4, 0.5) is 0 Å². The summed E-state index contributed by atoms with van der Waals surface area (Å²) in [6.45, 7) is 4.09. The number of hydrogen-bond acceptors (Lipinski definition) is 4. The summed E-state index contributed by atoms with van der Waals surface area (Å²) < 4.78 is 5.15. The molecule has 1 N–H and O–H groups in total. The minimum absolute atomic E-state index is 0.00296. The third-order valence-electron chi connectivity index (χ3n) is 4.04. The molecule has 2 aromatic rings. The predicted molar refractivity (Wildman–Crippen MR) is 93.5 cm³/mol. The van der Waals surface area contributed by atoms with E-state index in [0.29, 0.717) is 6.61 Å². The van der Waals surface area contributed by atoms with Crippen LogP contribution in [-0.4, -0.2) is 18.6 Å². The second-order valence-electron chi connectivity index (χ2n) is 5.60. The van der Waals surface area contributed by atoms with Crippen molar-refractivity contribution in [2.75, 3.05) is 6.61 Å². The third kappa shape index (κ3) is 3.43. The van der Waals surface area contributed by atoms with E-state index in [1.54, 1.807) is 0 Å². The molecule has 0 amide bonds. The Balaban J connectivity index is 1.98. The van der Waals surface area contributed by atoms with Gasteiger partial charge in [-0.25, -0.2) is 0 Å². The molecule has 4 heteroatoms. The standard InChI is InChI=1S/C19H21NO2S/c1-3-22-19(21)13(2)20-18-15-9-5-4-8-14(15)12-23-17-11-7-6-10-16(17)18/h4-11,13,18,20H,3,12H2,1-2H3. The Labute approximate surface area is 141 Å². The quantitative estimate of drug-likeness (QED) is 0.864. The highest BCUT2D eigenvalue weighted by molar-refractivity contribution is 7.98. The molecule has 0 fully saturated rings. The van der Waals surface area contributed by atoms with Gasteiger partial charge in [-0.1, -0.05) is 42.5 Å². The highest BCUT2D eigenvalue weighted by Gasteiger charge is 2.27. The summed E-state index contributed by atoms with van der Waals surface area (Å²) in [6, 6.07) is 16.5. The smallest absolute Gasteiger partial charge is 0.322 e. The van der Waals surface area contributed by atoms with Crippen molar-refractivity contribution < 1.29 is 9.53 Å². The van der Waals surface area contributed by atoms with E-state index in [9.17, 15) is 4.79 Å². The van der Waals surface area contributed by atoms with Crippen molar-refractivity contribution >= 4 is 17.7 Å². The summed E-state index contributed by atoms with van der Waals surface area (Å²) in [5.41, 5.74) is 3.77. The van der Waals surface area contributed by atoms with Crippen LogP contribution in [0.25, 0.3) is 0 Å². The molecule has 0 aromatic heterocycles. The van der Waals surface area contributed by atoms with Gasteiger partial charge in [-0.05, 0) is 36.6 Å². The van der Waals surface area contributed by atoms with Gasteiger partial charge in [-0.15, -0.1) is 11.8 Å². The average Bonchev–Trinajstić information content (AvgIpc) is 2.73. The Morgan fingerprint density at radius 2 is 1.91 bits per heavy atom. The minimum atomic E-state index is -0.357. The van der Waals surface area contributed by atoms with Crippen LogP contribution in [0.5, 0.6) is 0 Å². The number of carbonyl (C=O) groups excluding carboxylic acids is 1. The Morgan fingerprint density at radius 1 is 1.22 bits per heavy atom. The average molecular weight is 327 g/mol. The molecule has 2 unspecified atom stereocenters. The molecule has 2 atom stereocenters. The number of nitrogens with one attached hydrogen (secondary N) is 1. The molecule has 0 radical (unpaired) electrons. The van der Waals surface area contributed by atoms with Crippen LogP contribution in [0.15, 0.2) is 53.4 Å². The maximum Gasteiger partial charge on any atom is 0.322 e. The van der Waals surface area contributed by atoms with Gasteiger partial charge >= 0.3 is 5.97 Å². The van der Waals surface area contributed by atoms with Crippen molar-refractivity contribution in [3.8, 4) is 0 Å². The molecule has 1 aliphatic heterocycles. The minimum Gasteiger partial charge on any atom is -0.465 e. The van der Waals surface area contributed by atoms with Gasteiger partial charge in [0.2, 0.25) is 0 Å². The molecule has 0 bridgehead atoms. The zero-order chi connectivity index (χ0) is 16.2. The van der Waals surface area contributed by atoms with Crippen molar-refractivity contribution in [1.29, 1.82) is 0 Å². The molecule has 23 heavy (non-hydrogen) atoms. The van der Waals surface area contributed by atoms with Gasteiger partial charge in [0.15, 0.2) is 0 Å². The highest BCUT2D eigenvalue weighted by Crippen LogP contribution is 2.39. The fourth-order valence-corrected chi connectivity index (χ4v) is 3.99. The molecule has 1 heterocycles. The van der Waals surface area contributed by atoms with E-state index in [1.807, 2.05) is 25.6 Å². The number of benzene rings is 2. The van der Waals surface area contributed by atoms with Crippen LogP contribution in [0.3, 0.4) is 0 Å². The van der Waals surface area contributed by atoms with Crippen LogP contribution in [0, 0.1) is 0 Å². The number of esters is 1. The predicted octanol–water partition coefficient (Wildman–Crippen LogP) is 3.92. The summed E-state index contributed by atoms with van der Waals surface area (Å²) >= 11 is 1.85. The van der Waals surface area contributed by atoms with E-state index in [2.05, 4.69) is 53.8 Å². The Morgan fingerprint density at radius 3 is 2.70 bits per heavy atom. The summed E-state index contributed by atoms with van der Waals surface area (Å²) in [5, 5.41) is 3.47. The van der Waals surface area contributed by atoms with Crippen LogP contribution in [0.1, 0.15) is 36.6 Å². The molecule has 0 aliphatic carbocycles. The van der Waals surface area contributed by atoms with E-state index in [4.69, 9.17) is 4.74 Å². The number of fused-ring (bicyclic) bond motifs is 2. The van der Waals surface area contributed by atoms with Crippen molar-refractivity contribution in [3.05, 3.63) is 65.2 Å². The lowest BCUT2D eigenvalue weighted by molar-refractivity contribution is -0.145. The first kappa shape index (κ1) is 16.1. The molecule has 0 spiro atoms. The molecule has 0 saturated heterocycles. The number of ether oxygens (including phenoxy) is 1. The van der Waals surface area contributed by atoms with Gasteiger partial charge in [0.1, 0.15) is 6.04 Å². The molecular formula is C19H21NO2S. The number of rotatable bonds is 4. The molecule has 1 aliphatic rings. The lowest BCUT2D eigenvalue weighted by Gasteiger charge is -2.24. The van der Waals surface area contributed by atoms with Gasteiger partial charge in [-0.3, -0.25) is 10.1 Å². The molecule has 3 nitrogen and oxygen atoms in total. The lowest BCUT2D eigenvalue weighted by atomic mass is 9.94. The van der Waals surface area contributed by atoms with E-state index >= 15 is 0 Å². The van der Waals surface area contributed by atoms with E-state index in [-0.39, 0.29) is 18.1 Å². The van der Waals surface area contributed by atoms with Crippen LogP contribution < -0.4 is 5.32 Å².